The number of hydrogen-bond donors (Lipinski definition) is 2. The minimum atomic E-state index is -0.764. The molecule has 0 aromatic heterocycles. The van der Waals surface area contributed by atoms with Crippen LogP contribution in [-0.2, 0) is 4.74 Å². The molecule has 0 unspecified atom stereocenters. The third-order valence-electron chi connectivity index (χ3n) is 0.343. The molecule has 4 heteroatoms. The highest BCUT2D eigenvalue weighted by Crippen LogP contribution is 1.70. The van der Waals surface area contributed by atoms with E-state index in [1.165, 1.54) is 6.08 Å². The summed E-state index contributed by atoms with van der Waals surface area (Å²) in [5.41, 5.74) is 4.57. The number of nitrogens with two attached hydrogens (primary N) is 1. The van der Waals surface area contributed by atoms with Crippen molar-refractivity contribution in [2.24, 2.45) is 5.73 Å². The summed E-state index contributed by atoms with van der Waals surface area (Å²) in [4.78, 5) is 9.71. The predicted octanol–water partition coefficient (Wildman–Crippen LogP) is 0.430. The van der Waals surface area contributed by atoms with Gasteiger partial charge in [-0.1, -0.05) is 12.7 Å². The average Bonchev–Trinajstić information content (AvgIpc) is 1.61. The van der Waals surface area contributed by atoms with Crippen molar-refractivity contribution >= 4 is 6.09 Å². The lowest BCUT2D eigenvalue weighted by Crippen LogP contribution is -2.12. The summed E-state index contributed by atoms with van der Waals surface area (Å²) >= 11 is 0. The van der Waals surface area contributed by atoms with Gasteiger partial charge in [-0.25, -0.2) is 4.79 Å². The van der Waals surface area contributed by atoms with Gasteiger partial charge >= 0.3 is 6.09 Å². The van der Waals surface area contributed by atoms with Crippen molar-refractivity contribution in [1.29, 1.82) is 0 Å². The molecular weight excluding hydrogens is 108 g/mol. The van der Waals surface area contributed by atoms with Gasteiger partial charge in [-0.3, -0.25) is 0 Å². The molecule has 0 fully saturated rings. The Morgan fingerprint density at radius 1 is 1.88 bits per heavy atom. The Kier molecular flexibility index (Phi) is 7.51. The summed E-state index contributed by atoms with van der Waals surface area (Å²) < 4.78 is 4.21. The normalized spacial score (nSPS) is 6.50. The van der Waals surface area contributed by atoms with Crippen LogP contribution < -0.4 is 11.9 Å². The topological polar surface area (TPSA) is 87.3 Å². The Morgan fingerprint density at radius 2 is 2.38 bits per heavy atom. The SMILES string of the molecule is C=CCOC(N)=O.N. The lowest BCUT2D eigenvalue weighted by atomic mass is 10.7. The standard InChI is InChI=1S/C4H7NO2.H3N/c1-2-3-7-4(5)6;/h2H,1,3H2,(H2,5,6);1H3. The highest BCUT2D eigenvalue weighted by molar-refractivity contribution is 5.64. The van der Waals surface area contributed by atoms with E-state index in [0.29, 0.717) is 0 Å². The molecule has 1 amide bonds. The lowest BCUT2D eigenvalue weighted by Gasteiger charge is -1.90. The van der Waals surface area contributed by atoms with Gasteiger partial charge in [-0.2, -0.15) is 0 Å². The van der Waals surface area contributed by atoms with Crippen molar-refractivity contribution < 1.29 is 9.53 Å². The average molecular weight is 118 g/mol. The van der Waals surface area contributed by atoms with E-state index in [-0.39, 0.29) is 12.8 Å². The van der Waals surface area contributed by atoms with Crippen LogP contribution in [0.3, 0.4) is 0 Å². The number of amides is 1. The van der Waals surface area contributed by atoms with Gasteiger partial charge < -0.3 is 16.6 Å². The largest absolute Gasteiger partial charge is 0.445 e. The molecule has 4 nitrogen and oxygen atoms in total. The van der Waals surface area contributed by atoms with E-state index in [1.807, 2.05) is 0 Å². The van der Waals surface area contributed by atoms with Crippen molar-refractivity contribution in [3.63, 3.8) is 0 Å². The summed E-state index contributed by atoms with van der Waals surface area (Å²) in [6.45, 7) is 3.49. The van der Waals surface area contributed by atoms with Crippen molar-refractivity contribution in [2.75, 3.05) is 6.61 Å². The van der Waals surface area contributed by atoms with Crippen LogP contribution in [0.25, 0.3) is 0 Å². The first-order chi connectivity index (χ1) is 3.27. The van der Waals surface area contributed by atoms with Crippen LogP contribution >= 0.6 is 0 Å². The van der Waals surface area contributed by atoms with Crippen molar-refractivity contribution in [3.8, 4) is 0 Å². The lowest BCUT2D eigenvalue weighted by molar-refractivity contribution is 0.169. The van der Waals surface area contributed by atoms with E-state index >= 15 is 0 Å². The molecular formula is C4H10N2O2. The van der Waals surface area contributed by atoms with Crippen LogP contribution in [0, 0.1) is 0 Å². The van der Waals surface area contributed by atoms with Crippen LogP contribution in [0.15, 0.2) is 12.7 Å². The molecule has 0 aromatic rings. The third kappa shape index (κ3) is 8.88. The highest BCUT2D eigenvalue weighted by Gasteiger charge is 1.84. The maximum absolute atomic E-state index is 9.71. The van der Waals surface area contributed by atoms with Crippen LogP contribution in [0.5, 0.6) is 0 Å². The van der Waals surface area contributed by atoms with Crippen LogP contribution in [0.1, 0.15) is 0 Å². The zero-order valence-electron chi connectivity index (χ0n) is 4.59. The van der Waals surface area contributed by atoms with Gasteiger partial charge in [0.15, 0.2) is 0 Å². The maximum atomic E-state index is 9.71. The molecule has 0 rings (SSSR count). The molecule has 0 aromatic carbocycles. The van der Waals surface area contributed by atoms with E-state index in [1.54, 1.807) is 0 Å². The molecule has 5 N–H and O–H groups in total. The fraction of sp³-hybridized carbons (Fsp3) is 0.250. The molecule has 0 aliphatic carbocycles. The zero-order chi connectivity index (χ0) is 5.70. The van der Waals surface area contributed by atoms with E-state index in [4.69, 9.17) is 0 Å². The quantitative estimate of drug-likeness (QED) is 0.515. The summed E-state index contributed by atoms with van der Waals surface area (Å²) in [6.07, 6.45) is 0.685. The van der Waals surface area contributed by atoms with Crippen molar-refractivity contribution in [1.82, 2.24) is 6.15 Å². The minimum absolute atomic E-state index is 0. The number of rotatable bonds is 2. The zero-order valence-corrected chi connectivity index (χ0v) is 4.59. The fourth-order valence-electron chi connectivity index (χ4n) is 0.141. The van der Waals surface area contributed by atoms with Gasteiger partial charge in [0.05, 0.1) is 0 Å². The van der Waals surface area contributed by atoms with Gasteiger partial charge in [0.1, 0.15) is 6.61 Å². The molecule has 0 saturated carbocycles. The van der Waals surface area contributed by atoms with E-state index < -0.39 is 6.09 Å². The molecule has 0 saturated heterocycles. The Bertz CT molecular complexity index is 82.1. The smallest absolute Gasteiger partial charge is 0.404 e. The van der Waals surface area contributed by atoms with Crippen LogP contribution in [-0.4, -0.2) is 12.7 Å². The van der Waals surface area contributed by atoms with Gasteiger partial charge in [0, 0.05) is 0 Å². The Morgan fingerprint density at radius 3 is 2.50 bits per heavy atom. The number of carbonyl (C=O) groups excluding carboxylic acids is 1. The molecule has 0 aliphatic heterocycles. The van der Waals surface area contributed by atoms with Gasteiger partial charge in [-0.15, -0.1) is 0 Å². The molecule has 8 heavy (non-hydrogen) atoms. The fourth-order valence-corrected chi connectivity index (χ4v) is 0.141. The number of carbonyl (C=O) groups is 1. The molecule has 0 heterocycles. The Balaban J connectivity index is 0. The predicted molar refractivity (Wildman–Crippen MR) is 30.8 cm³/mol. The second-order valence-corrected chi connectivity index (χ2v) is 0.919. The van der Waals surface area contributed by atoms with E-state index in [0.717, 1.165) is 0 Å². The molecule has 0 radical (unpaired) electrons. The van der Waals surface area contributed by atoms with Crippen molar-refractivity contribution in [2.45, 2.75) is 0 Å². The van der Waals surface area contributed by atoms with Gasteiger partial charge in [0.2, 0.25) is 0 Å². The second kappa shape index (κ2) is 5.97. The third-order valence-corrected chi connectivity index (χ3v) is 0.343. The number of hydrogen-bond acceptors (Lipinski definition) is 3. The number of ether oxygens (including phenoxy) is 1. The van der Waals surface area contributed by atoms with Crippen LogP contribution in [0.4, 0.5) is 4.79 Å². The van der Waals surface area contributed by atoms with E-state index in [2.05, 4.69) is 17.0 Å². The minimum Gasteiger partial charge on any atom is -0.445 e. The van der Waals surface area contributed by atoms with Crippen LogP contribution in [0.2, 0.25) is 0 Å². The van der Waals surface area contributed by atoms with E-state index in [9.17, 15) is 4.79 Å². The number of primary amides is 1. The highest BCUT2D eigenvalue weighted by atomic mass is 16.5. The van der Waals surface area contributed by atoms with Gasteiger partial charge in [-0.05, 0) is 0 Å². The first-order valence-electron chi connectivity index (χ1n) is 1.80. The second-order valence-electron chi connectivity index (χ2n) is 0.919. The summed E-state index contributed by atoms with van der Waals surface area (Å²) in [7, 11) is 0. The first kappa shape index (κ1) is 10.1. The summed E-state index contributed by atoms with van der Waals surface area (Å²) in [5, 5.41) is 0. The Labute approximate surface area is 47.9 Å². The molecule has 0 aliphatic rings. The monoisotopic (exact) mass is 118 g/mol. The maximum Gasteiger partial charge on any atom is 0.404 e. The Hall–Kier alpha value is -1.03. The first-order valence-corrected chi connectivity index (χ1v) is 1.80. The summed E-state index contributed by atoms with van der Waals surface area (Å²) in [5.74, 6) is 0. The van der Waals surface area contributed by atoms with Crippen molar-refractivity contribution in [3.05, 3.63) is 12.7 Å². The molecule has 0 spiro atoms. The van der Waals surface area contributed by atoms with Gasteiger partial charge in [0.25, 0.3) is 0 Å². The molecule has 0 atom stereocenters. The molecule has 48 valence electrons. The molecule has 0 bridgehead atoms. The summed E-state index contributed by atoms with van der Waals surface area (Å²) in [6, 6.07) is 0.